The lowest BCUT2D eigenvalue weighted by atomic mass is 9.46. The van der Waals surface area contributed by atoms with E-state index in [-0.39, 0.29) is 0 Å². The van der Waals surface area contributed by atoms with E-state index in [1.807, 2.05) is 0 Å². The van der Waals surface area contributed by atoms with Crippen LogP contribution in [-0.2, 0) is 4.65 Å². The van der Waals surface area contributed by atoms with Crippen molar-refractivity contribution in [3.63, 3.8) is 0 Å². The predicted molar refractivity (Wildman–Crippen MR) is 71.3 cm³/mol. The van der Waals surface area contributed by atoms with Gasteiger partial charge in [0.05, 0.1) is 0 Å². The molecule has 0 saturated carbocycles. The van der Waals surface area contributed by atoms with Gasteiger partial charge in [-0.15, -0.1) is 0 Å². The lowest BCUT2D eigenvalue weighted by Crippen LogP contribution is -2.66. The summed E-state index contributed by atoms with van der Waals surface area (Å²) in [5, 5.41) is 10.3. The number of rotatable bonds is 4. The summed E-state index contributed by atoms with van der Waals surface area (Å²) >= 11 is 0. The Kier molecular flexibility index (Phi) is 5.48. The number of halogens is 10. The molecule has 2 rings (SSSR count). The van der Waals surface area contributed by atoms with Crippen LogP contribution in [0.2, 0.25) is 0 Å². The lowest BCUT2D eigenvalue weighted by molar-refractivity contribution is 0.261. The summed E-state index contributed by atoms with van der Waals surface area (Å²) in [7, 11) is 0. The molecule has 148 valence electrons. The van der Waals surface area contributed by atoms with Crippen LogP contribution in [0.4, 0.5) is 43.9 Å². The van der Waals surface area contributed by atoms with Crippen LogP contribution in [-0.4, -0.2) is 18.2 Å². The highest BCUT2D eigenvalue weighted by Crippen LogP contribution is 2.23. The molecule has 2 nitrogen and oxygen atoms in total. The van der Waals surface area contributed by atoms with Crippen molar-refractivity contribution < 1.29 is 53.6 Å². The Hall–Kier alpha value is -2.28. The molecule has 2 aromatic rings. The molecule has 0 aromatic heterocycles. The summed E-state index contributed by atoms with van der Waals surface area (Å²) in [6, 6.07) is 0. The molecule has 13 heteroatoms. The molecule has 27 heavy (non-hydrogen) atoms. The van der Waals surface area contributed by atoms with Crippen LogP contribution >= 0.6 is 0 Å². The van der Waals surface area contributed by atoms with Gasteiger partial charge in [-0.2, -0.15) is 0 Å². The zero-order valence-corrected chi connectivity index (χ0v) is 12.9. The molecule has 1 N–H and O–H groups in total. The van der Waals surface area contributed by atoms with E-state index in [0.717, 1.165) is 6.92 Å². The fraction of sp³-hybridized carbons (Fsp3) is 0.143. The molecule has 0 saturated heterocycles. The maximum absolute atomic E-state index is 14.0. The Labute approximate surface area is 144 Å². The highest BCUT2D eigenvalue weighted by Gasteiger charge is 2.43. The number of benzene rings is 2. The van der Waals surface area contributed by atoms with E-state index < -0.39 is 82.3 Å². The molecule has 0 fully saturated rings. The average Bonchev–Trinajstić information content (AvgIpc) is 2.62. The fourth-order valence-corrected chi connectivity index (χ4v) is 2.48. The Bertz CT molecular complexity index is 806. The summed E-state index contributed by atoms with van der Waals surface area (Å²) < 4.78 is 140. The largest absolute Gasteiger partial charge is 0.575 e. The zero-order chi connectivity index (χ0) is 20.8. The van der Waals surface area contributed by atoms with Crippen LogP contribution in [0.15, 0.2) is 0 Å². The van der Waals surface area contributed by atoms with Gasteiger partial charge in [0.2, 0.25) is 0 Å². The highest BCUT2D eigenvalue weighted by molar-refractivity contribution is 6.91. The summed E-state index contributed by atoms with van der Waals surface area (Å²) in [6.45, 7) is -5.03. The van der Waals surface area contributed by atoms with E-state index in [0.29, 0.717) is 0 Å². The third-order valence-corrected chi connectivity index (χ3v) is 3.68. The highest BCUT2D eigenvalue weighted by atomic mass is 19.2. The third-order valence-electron chi connectivity index (χ3n) is 3.68. The normalized spacial score (nSPS) is 12.0. The Morgan fingerprint density at radius 1 is 0.556 bits per heavy atom. The van der Waals surface area contributed by atoms with Crippen molar-refractivity contribution in [1.82, 2.24) is 0 Å². The molecule has 0 radical (unpaired) electrons. The van der Waals surface area contributed by atoms with Gasteiger partial charge >= 0.3 is 6.55 Å². The Morgan fingerprint density at radius 2 is 0.778 bits per heavy atom. The molecule has 0 amide bonds. The van der Waals surface area contributed by atoms with Gasteiger partial charge in [-0.1, -0.05) is 10.9 Å². The molecule has 0 heterocycles. The monoisotopic (exact) mass is 407 g/mol. The Morgan fingerprint density at radius 3 is 1.00 bits per heavy atom. The first-order valence-corrected chi connectivity index (χ1v) is 6.96. The van der Waals surface area contributed by atoms with E-state index in [4.69, 9.17) is 0 Å². The summed E-state index contributed by atoms with van der Waals surface area (Å²) in [4.78, 5) is 0. The summed E-state index contributed by atoms with van der Waals surface area (Å²) in [5.41, 5.74) is -4.59. The molecule has 0 aliphatic heterocycles. The van der Waals surface area contributed by atoms with Crippen molar-refractivity contribution in [2.75, 3.05) is 6.61 Å². The van der Waals surface area contributed by atoms with Crippen LogP contribution in [0.25, 0.3) is 0 Å². The molecule has 0 bridgehead atoms. The fourth-order valence-electron chi connectivity index (χ4n) is 2.48. The van der Waals surface area contributed by atoms with E-state index in [1.165, 1.54) is 0 Å². The summed E-state index contributed by atoms with van der Waals surface area (Å²) in [5.74, 6) is -27.0. The second kappa shape index (κ2) is 7.04. The molecule has 0 aliphatic rings. The van der Waals surface area contributed by atoms with Crippen LogP contribution in [0.3, 0.4) is 0 Å². The van der Waals surface area contributed by atoms with E-state index in [2.05, 4.69) is 4.65 Å². The average molecular weight is 407 g/mol. The molecule has 0 atom stereocenters. The van der Waals surface area contributed by atoms with Crippen LogP contribution in [0.5, 0.6) is 0 Å². The van der Waals surface area contributed by atoms with Crippen LogP contribution in [0.1, 0.15) is 6.92 Å². The first-order valence-electron chi connectivity index (χ1n) is 6.96. The maximum atomic E-state index is 14.0. The topological polar surface area (TPSA) is 29.5 Å². The molecular weight excluding hydrogens is 401 g/mol. The van der Waals surface area contributed by atoms with Crippen molar-refractivity contribution in [2.45, 2.75) is 6.92 Å². The van der Waals surface area contributed by atoms with Crippen molar-refractivity contribution in [1.29, 1.82) is 0 Å². The standard InChI is InChI=1S/C14H6BF10O2/c1-2-27-15(26,3-5(16)9(20)13(24)10(21)6(3)17)4-7(18)11(22)14(25)12(23)8(4)19/h26H,2H2,1H3/q-1. The van der Waals surface area contributed by atoms with Crippen molar-refractivity contribution >= 4 is 17.5 Å². The second-order valence-electron chi connectivity index (χ2n) is 5.17. The molecule has 0 spiro atoms. The van der Waals surface area contributed by atoms with Crippen LogP contribution in [0, 0.1) is 58.2 Å². The number of hydrogen-bond donors (Lipinski definition) is 1. The van der Waals surface area contributed by atoms with Crippen molar-refractivity contribution in [2.24, 2.45) is 0 Å². The number of hydrogen-bond acceptors (Lipinski definition) is 2. The van der Waals surface area contributed by atoms with Gasteiger partial charge in [0, 0.05) is 0 Å². The molecule has 2 aromatic carbocycles. The maximum Gasteiger partial charge on any atom is 0.308 e. The summed E-state index contributed by atoms with van der Waals surface area (Å²) in [6.07, 6.45) is 0. The zero-order valence-electron chi connectivity index (χ0n) is 12.9. The smallest absolute Gasteiger partial charge is 0.308 e. The first-order chi connectivity index (χ1) is 12.4. The van der Waals surface area contributed by atoms with E-state index in [9.17, 15) is 48.9 Å². The quantitative estimate of drug-likeness (QED) is 0.366. The van der Waals surface area contributed by atoms with Gasteiger partial charge in [-0.25, -0.2) is 43.9 Å². The van der Waals surface area contributed by atoms with Crippen LogP contribution < -0.4 is 10.9 Å². The minimum atomic E-state index is -5.10. The Balaban J connectivity index is 3.04. The van der Waals surface area contributed by atoms with Gasteiger partial charge < -0.3 is 9.68 Å². The minimum Gasteiger partial charge on any atom is -0.575 e. The molecular formula is C14H6BF10O2-. The van der Waals surface area contributed by atoms with E-state index in [1.54, 1.807) is 0 Å². The van der Waals surface area contributed by atoms with Gasteiger partial charge in [0.1, 0.15) is 23.3 Å². The molecule has 0 unspecified atom stereocenters. The SMILES string of the molecule is CCO[B-](O)(c1c(F)c(F)c(F)c(F)c1F)c1c(F)c(F)c(F)c(F)c1F. The second-order valence-corrected chi connectivity index (χ2v) is 5.17. The van der Waals surface area contributed by atoms with Crippen molar-refractivity contribution in [3.05, 3.63) is 58.2 Å². The predicted octanol–water partition coefficient (Wildman–Crippen LogP) is 2.66. The first kappa shape index (κ1) is 21.0. The molecule has 0 aliphatic carbocycles. The minimum absolute atomic E-state index is 0.879. The van der Waals surface area contributed by atoms with Gasteiger partial charge in [-0.3, -0.25) is 0 Å². The van der Waals surface area contributed by atoms with Gasteiger partial charge in [0.25, 0.3) is 0 Å². The van der Waals surface area contributed by atoms with Crippen molar-refractivity contribution in [3.8, 4) is 0 Å². The van der Waals surface area contributed by atoms with E-state index >= 15 is 0 Å². The third kappa shape index (κ3) is 2.94. The van der Waals surface area contributed by atoms with Gasteiger partial charge in [-0.05, 0) is 13.5 Å². The van der Waals surface area contributed by atoms with Gasteiger partial charge in [0.15, 0.2) is 34.9 Å². The lowest BCUT2D eigenvalue weighted by Gasteiger charge is -2.37.